The van der Waals surface area contributed by atoms with E-state index in [0.29, 0.717) is 30.9 Å². The molecule has 0 radical (unpaired) electrons. The minimum atomic E-state index is 0.0860. The Bertz CT molecular complexity index is 1590. The number of nitrogens with one attached hydrogen (secondary N) is 1. The highest BCUT2D eigenvalue weighted by molar-refractivity contribution is 5.96. The van der Waals surface area contributed by atoms with E-state index in [0.717, 1.165) is 70.3 Å². The van der Waals surface area contributed by atoms with Gasteiger partial charge in [0, 0.05) is 60.6 Å². The molecule has 3 heterocycles. The summed E-state index contributed by atoms with van der Waals surface area (Å²) < 4.78 is 0. The number of nitrogen functional groups attached to an aromatic ring is 1. The topological polar surface area (TPSA) is 125 Å². The maximum absolute atomic E-state index is 13.2. The van der Waals surface area contributed by atoms with Gasteiger partial charge in [0.2, 0.25) is 0 Å². The molecule has 39 heavy (non-hydrogen) atoms. The molecule has 8 nitrogen and oxygen atoms in total. The standard InChI is InChI=1S/C31H33N7O/c1-19-12-24(21-3-5-23(16-32)28(34)15-21)14-27-29(19)35-18-36-30(27)38-9-6-20-2-4-22(13-25(20)17-38)31(39)37-10-7-26(33)8-11-37/h2-5,12-16,18,26,32H,6-11,17,33-34H2,1H3. The first-order chi connectivity index (χ1) is 18.9. The average Bonchev–Trinajstić information content (AvgIpc) is 2.96. The van der Waals surface area contributed by atoms with Crippen LogP contribution >= 0.6 is 0 Å². The van der Waals surface area contributed by atoms with E-state index in [9.17, 15) is 4.79 Å². The zero-order chi connectivity index (χ0) is 27.1. The number of amides is 1. The van der Waals surface area contributed by atoms with E-state index in [1.807, 2.05) is 29.2 Å². The maximum Gasteiger partial charge on any atom is 0.253 e. The number of aryl methyl sites for hydroxylation is 1. The first kappa shape index (κ1) is 25.0. The zero-order valence-corrected chi connectivity index (χ0v) is 22.2. The number of piperidine rings is 1. The largest absolute Gasteiger partial charge is 0.398 e. The highest BCUT2D eigenvalue weighted by Gasteiger charge is 2.25. The molecule has 0 atom stereocenters. The van der Waals surface area contributed by atoms with Crippen LogP contribution in [-0.2, 0) is 13.0 Å². The number of carbonyl (C=O) groups excluding carboxylic acids is 1. The Balaban J connectivity index is 1.33. The summed E-state index contributed by atoms with van der Waals surface area (Å²) in [6, 6.07) is 16.4. The lowest BCUT2D eigenvalue weighted by atomic mass is 9.95. The van der Waals surface area contributed by atoms with Gasteiger partial charge in [-0.2, -0.15) is 0 Å². The van der Waals surface area contributed by atoms with Crippen molar-refractivity contribution in [3.8, 4) is 11.1 Å². The highest BCUT2D eigenvalue weighted by Crippen LogP contribution is 2.34. The smallest absolute Gasteiger partial charge is 0.253 e. The van der Waals surface area contributed by atoms with Gasteiger partial charge in [0.1, 0.15) is 12.1 Å². The van der Waals surface area contributed by atoms with Crippen LogP contribution in [0.25, 0.3) is 22.0 Å². The third kappa shape index (κ3) is 4.72. The van der Waals surface area contributed by atoms with Crippen LogP contribution in [0.3, 0.4) is 0 Å². The van der Waals surface area contributed by atoms with Crippen molar-refractivity contribution in [3.05, 3.63) is 82.7 Å². The molecule has 1 aromatic heterocycles. The Morgan fingerprint density at radius 3 is 2.59 bits per heavy atom. The van der Waals surface area contributed by atoms with Crippen molar-refractivity contribution in [1.29, 1.82) is 5.41 Å². The van der Waals surface area contributed by atoms with Crippen LogP contribution in [0, 0.1) is 12.3 Å². The molecule has 1 fully saturated rings. The Labute approximate surface area is 228 Å². The molecule has 1 amide bonds. The fraction of sp³-hybridized carbons (Fsp3) is 0.290. The van der Waals surface area contributed by atoms with Gasteiger partial charge in [-0.05, 0) is 84.3 Å². The van der Waals surface area contributed by atoms with Crippen molar-refractivity contribution in [3.63, 3.8) is 0 Å². The molecule has 0 aliphatic carbocycles. The molecule has 0 bridgehead atoms. The number of aromatic nitrogens is 2. The Kier molecular flexibility index (Phi) is 6.48. The summed E-state index contributed by atoms with van der Waals surface area (Å²) in [6.45, 7) is 5.01. The number of nitrogens with zero attached hydrogens (tertiary/aromatic N) is 4. The fourth-order valence-electron chi connectivity index (χ4n) is 5.79. The molecule has 8 heteroatoms. The van der Waals surface area contributed by atoms with Crippen molar-refractivity contribution in [2.24, 2.45) is 5.73 Å². The molecule has 3 aromatic carbocycles. The zero-order valence-electron chi connectivity index (χ0n) is 22.2. The third-order valence-corrected chi connectivity index (χ3v) is 8.08. The number of hydrogen-bond donors (Lipinski definition) is 3. The lowest BCUT2D eigenvalue weighted by Gasteiger charge is -2.32. The quantitative estimate of drug-likeness (QED) is 0.273. The van der Waals surface area contributed by atoms with Gasteiger partial charge in [-0.3, -0.25) is 4.79 Å². The van der Waals surface area contributed by atoms with Gasteiger partial charge in [0.25, 0.3) is 5.91 Å². The van der Waals surface area contributed by atoms with E-state index in [2.05, 4.69) is 41.1 Å². The van der Waals surface area contributed by atoms with Gasteiger partial charge in [0.05, 0.1) is 5.52 Å². The number of rotatable bonds is 4. The molecule has 0 spiro atoms. The van der Waals surface area contributed by atoms with Crippen molar-refractivity contribution < 1.29 is 4.79 Å². The predicted octanol–water partition coefficient (Wildman–Crippen LogP) is 4.31. The molecular formula is C31H33N7O. The van der Waals surface area contributed by atoms with Crippen molar-refractivity contribution in [2.75, 3.05) is 30.3 Å². The van der Waals surface area contributed by atoms with E-state index < -0.39 is 0 Å². The van der Waals surface area contributed by atoms with E-state index in [1.54, 1.807) is 6.33 Å². The number of likely N-dealkylation sites (tertiary alicyclic amines) is 1. The molecule has 5 N–H and O–H groups in total. The van der Waals surface area contributed by atoms with Gasteiger partial charge in [-0.25, -0.2) is 9.97 Å². The molecule has 2 aliphatic rings. The van der Waals surface area contributed by atoms with E-state index in [4.69, 9.17) is 21.9 Å². The molecule has 1 saturated heterocycles. The second-order valence-electron chi connectivity index (χ2n) is 10.7. The van der Waals surface area contributed by atoms with Gasteiger partial charge >= 0.3 is 0 Å². The lowest BCUT2D eigenvalue weighted by Crippen LogP contribution is -2.43. The number of benzene rings is 3. The molecular weight excluding hydrogens is 486 g/mol. The summed E-state index contributed by atoms with van der Waals surface area (Å²) in [5.74, 6) is 0.976. The molecule has 4 aromatic rings. The van der Waals surface area contributed by atoms with Crippen LogP contribution < -0.4 is 16.4 Å². The Hall–Kier alpha value is -4.30. The number of hydrogen-bond acceptors (Lipinski definition) is 7. The normalized spacial score (nSPS) is 15.8. The Morgan fingerprint density at radius 1 is 1.00 bits per heavy atom. The van der Waals surface area contributed by atoms with Crippen molar-refractivity contribution >= 4 is 34.5 Å². The number of fused-ring (bicyclic) bond motifs is 2. The van der Waals surface area contributed by atoms with Gasteiger partial charge in [0.15, 0.2) is 0 Å². The second kappa shape index (κ2) is 10.1. The van der Waals surface area contributed by atoms with Crippen LogP contribution in [0.4, 0.5) is 11.5 Å². The SMILES string of the molecule is Cc1cc(-c2ccc(C=N)c(N)c2)cc2c(N3CCc4ccc(C(=O)N5CCC(N)CC5)cc4C3)ncnc12. The van der Waals surface area contributed by atoms with E-state index in [-0.39, 0.29) is 11.9 Å². The lowest BCUT2D eigenvalue weighted by molar-refractivity contribution is 0.0714. The summed E-state index contributed by atoms with van der Waals surface area (Å²) in [5, 5.41) is 8.53. The summed E-state index contributed by atoms with van der Waals surface area (Å²) >= 11 is 0. The number of nitrogens with two attached hydrogens (primary N) is 2. The highest BCUT2D eigenvalue weighted by atomic mass is 16.2. The summed E-state index contributed by atoms with van der Waals surface area (Å²) in [4.78, 5) is 26.8. The van der Waals surface area contributed by atoms with Crippen LogP contribution in [0.5, 0.6) is 0 Å². The van der Waals surface area contributed by atoms with Crippen LogP contribution in [0.15, 0.2) is 54.9 Å². The second-order valence-corrected chi connectivity index (χ2v) is 10.7. The minimum absolute atomic E-state index is 0.0860. The Morgan fingerprint density at radius 2 is 1.82 bits per heavy atom. The molecule has 2 aliphatic heterocycles. The molecule has 0 saturated carbocycles. The minimum Gasteiger partial charge on any atom is -0.398 e. The summed E-state index contributed by atoms with van der Waals surface area (Å²) in [6.07, 6.45) is 5.50. The first-order valence-corrected chi connectivity index (χ1v) is 13.5. The average molecular weight is 520 g/mol. The molecule has 198 valence electrons. The van der Waals surface area contributed by atoms with Gasteiger partial charge < -0.3 is 26.7 Å². The van der Waals surface area contributed by atoms with Crippen molar-refractivity contribution in [1.82, 2.24) is 14.9 Å². The maximum atomic E-state index is 13.2. The van der Waals surface area contributed by atoms with Crippen LogP contribution in [-0.4, -0.2) is 52.7 Å². The first-order valence-electron chi connectivity index (χ1n) is 13.5. The van der Waals surface area contributed by atoms with Gasteiger partial charge in [-0.15, -0.1) is 0 Å². The number of anilines is 2. The predicted molar refractivity (Wildman–Crippen MR) is 156 cm³/mol. The van der Waals surface area contributed by atoms with Crippen LogP contribution in [0.2, 0.25) is 0 Å². The third-order valence-electron chi connectivity index (χ3n) is 8.08. The van der Waals surface area contributed by atoms with Crippen LogP contribution in [0.1, 0.15) is 45.5 Å². The number of carbonyl (C=O) groups is 1. The van der Waals surface area contributed by atoms with Crippen molar-refractivity contribution in [2.45, 2.75) is 38.8 Å². The van der Waals surface area contributed by atoms with E-state index in [1.165, 1.54) is 11.8 Å². The summed E-state index contributed by atoms with van der Waals surface area (Å²) in [5.41, 5.74) is 20.7. The van der Waals surface area contributed by atoms with E-state index >= 15 is 0 Å². The monoisotopic (exact) mass is 519 g/mol. The fourth-order valence-corrected chi connectivity index (χ4v) is 5.79. The van der Waals surface area contributed by atoms with Gasteiger partial charge in [-0.1, -0.05) is 18.2 Å². The molecule has 0 unspecified atom stereocenters. The molecule has 6 rings (SSSR count). The summed E-state index contributed by atoms with van der Waals surface area (Å²) in [7, 11) is 0.